The summed E-state index contributed by atoms with van der Waals surface area (Å²) < 4.78 is 96.9. The van der Waals surface area contributed by atoms with Gasteiger partial charge in [-0.15, -0.1) is 0 Å². The Labute approximate surface area is 210 Å². The maximum absolute atomic E-state index is 13.4. The van der Waals surface area contributed by atoms with Crippen LogP contribution in [-0.4, -0.2) is 62.2 Å². The van der Waals surface area contributed by atoms with Crippen LogP contribution >= 0.6 is 23.2 Å². The van der Waals surface area contributed by atoms with E-state index in [4.69, 9.17) is 33.0 Å². The van der Waals surface area contributed by atoms with Gasteiger partial charge in [0.05, 0.1) is 34.9 Å². The molecule has 0 saturated heterocycles. The first-order chi connectivity index (χ1) is 16.5. The van der Waals surface area contributed by atoms with Crippen molar-refractivity contribution in [1.29, 1.82) is 5.26 Å². The quantitative estimate of drug-likeness (QED) is 0.472. The van der Waals surface area contributed by atoms with Crippen LogP contribution in [0.2, 0.25) is 10.0 Å². The Morgan fingerprint density at radius 2 is 1.83 bits per heavy atom. The molecule has 2 unspecified atom stereocenters. The molecule has 1 aromatic carbocycles. The number of carbonyl (C=O) groups is 1. The van der Waals surface area contributed by atoms with Crippen LogP contribution in [0, 0.1) is 11.3 Å². The van der Waals surface area contributed by atoms with E-state index in [9.17, 15) is 45.7 Å². The average Bonchev–Trinajstić information content (AvgIpc) is 3.14. The molecule has 0 aliphatic heterocycles. The highest BCUT2D eigenvalue weighted by Crippen LogP contribution is 2.42. The van der Waals surface area contributed by atoms with Gasteiger partial charge in [-0.1, -0.05) is 23.2 Å². The fourth-order valence-corrected chi connectivity index (χ4v) is 4.22. The highest BCUT2D eigenvalue weighted by Gasteiger charge is 2.44. The van der Waals surface area contributed by atoms with Crippen LogP contribution in [0.15, 0.2) is 17.0 Å². The summed E-state index contributed by atoms with van der Waals surface area (Å²) in [6.07, 6.45) is -7.85. The maximum atomic E-state index is 13.4. The van der Waals surface area contributed by atoms with E-state index in [-0.39, 0.29) is 6.42 Å². The van der Waals surface area contributed by atoms with Gasteiger partial charge in [0, 0.05) is 13.5 Å². The van der Waals surface area contributed by atoms with Crippen molar-refractivity contribution >= 4 is 45.9 Å². The Balaban J connectivity index is 2.76. The summed E-state index contributed by atoms with van der Waals surface area (Å²) in [5.74, 6) is -0.988. The lowest BCUT2D eigenvalue weighted by Gasteiger charge is -2.21. The molecule has 0 fully saturated rings. The molecule has 0 radical (unpaired) electrons. The van der Waals surface area contributed by atoms with E-state index < -0.39 is 85.6 Å². The fraction of sp³-hybridized carbons (Fsp3) is 0.389. The number of carbonyl (C=O) groups excluding carboxylic acids is 1. The molecular formula is C18H14Cl2F6N4O5S. The number of ether oxygens (including phenoxy) is 1. The lowest BCUT2D eigenvalue weighted by atomic mass is 10.2. The maximum Gasteiger partial charge on any atom is 0.476 e. The third-order valence-electron chi connectivity index (χ3n) is 4.36. The minimum Gasteiger partial charge on any atom is -0.449 e. The Morgan fingerprint density at radius 1 is 1.28 bits per heavy atom. The third-order valence-corrected chi connectivity index (χ3v) is 6.10. The molecule has 0 saturated carbocycles. The van der Waals surface area contributed by atoms with Gasteiger partial charge in [0.1, 0.15) is 16.7 Å². The number of halogens is 8. The van der Waals surface area contributed by atoms with Gasteiger partial charge in [0.2, 0.25) is 0 Å². The first-order valence-corrected chi connectivity index (χ1v) is 11.2. The van der Waals surface area contributed by atoms with Crippen molar-refractivity contribution in [3.8, 4) is 11.8 Å². The van der Waals surface area contributed by atoms with Gasteiger partial charge in [-0.25, -0.2) is 13.7 Å². The van der Waals surface area contributed by atoms with E-state index in [1.54, 1.807) is 0 Å². The number of rotatable bonds is 7. The van der Waals surface area contributed by atoms with Crippen molar-refractivity contribution < 1.29 is 50.3 Å². The first-order valence-electron chi connectivity index (χ1n) is 9.32. The highest BCUT2D eigenvalue weighted by molar-refractivity contribution is 7.86. The second-order valence-corrected chi connectivity index (χ2v) is 9.05. The molecule has 1 heterocycles. The lowest BCUT2D eigenvalue weighted by molar-refractivity contribution is -0.137. The summed E-state index contributed by atoms with van der Waals surface area (Å²) in [4.78, 5) is 11.6. The molecule has 36 heavy (non-hydrogen) atoms. The first kappa shape index (κ1) is 29.6. The average molecular weight is 583 g/mol. The number of aromatic nitrogens is 2. The molecule has 2 atom stereocenters. The number of hydrogen-bond donors (Lipinski definition) is 2. The standard InChI is InChI=1S/C18H14Cl2F6N4O5S/c1-29(16(33)35-3-2-9(32)7-31)15-14(36(34)18(24,25)26)12(6-27)28-30(15)13-10(19)4-8(5-11(13)20)17(21,22)23/h4-5,9,31-32H,2-3,7H2,1H3. The summed E-state index contributed by atoms with van der Waals surface area (Å²) in [7, 11) is -3.12. The zero-order valence-corrected chi connectivity index (χ0v) is 20.0. The van der Waals surface area contributed by atoms with Crippen molar-refractivity contribution in [2.75, 3.05) is 25.2 Å². The van der Waals surface area contributed by atoms with Gasteiger partial charge < -0.3 is 14.9 Å². The molecule has 0 bridgehead atoms. The Kier molecular flexibility index (Phi) is 9.24. The fourth-order valence-electron chi connectivity index (χ4n) is 2.69. The van der Waals surface area contributed by atoms with Crippen LogP contribution in [-0.2, 0) is 21.7 Å². The zero-order valence-electron chi connectivity index (χ0n) is 17.7. The van der Waals surface area contributed by atoms with E-state index in [2.05, 4.69) is 5.10 Å². The number of hydrogen-bond acceptors (Lipinski definition) is 7. The molecule has 198 valence electrons. The van der Waals surface area contributed by atoms with Crippen molar-refractivity contribution in [1.82, 2.24) is 9.78 Å². The number of anilines is 1. The smallest absolute Gasteiger partial charge is 0.449 e. The monoisotopic (exact) mass is 582 g/mol. The molecule has 9 nitrogen and oxygen atoms in total. The number of aliphatic hydroxyl groups excluding tert-OH is 2. The Hall–Kier alpha value is -2.58. The minimum absolute atomic E-state index is 0.267. The van der Waals surface area contributed by atoms with E-state index in [1.165, 1.54) is 6.07 Å². The van der Waals surface area contributed by atoms with E-state index in [0.29, 0.717) is 21.7 Å². The molecule has 2 N–H and O–H groups in total. The summed E-state index contributed by atoms with van der Waals surface area (Å²) in [6.45, 7) is -1.20. The molecule has 18 heteroatoms. The van der Waals surface area contributed by atoms with Crippen LogP contribution in [0.4, 0.5) is 37.0 Å². The second kappa shape index (κ2) is 11.2. The zero-order chi connectivity index (χ0) is 27.6. The Morgan fingerprint density at radius 3 is 2.28 bits per heavy atom. The molecular weight excluding hydrogens is 569 g/mol. The predicted molar refractivity (Wildman–Crippen MR) is 113 cm³/mol. The van der Waals surface area contributed by atoms with Gasteiger partial charge in [-0.05, 0) is 12.1 Å². The lowest BCUT2D eigenvalue weighted by Crippen LogP contribution is -2.32. The number of nitriles is 1. The van der Waals surface area contributed by atoms with Crippen LogP contribution in [0.3, 0.4) is 0 Å². The topological polar surface area (TPSA) is 129 Å². The van der Waals surface area contributed by atoms with Crippen molar-refractivity contribution in [3.05, 3.63) is 33.4 Å². The van der Waals surface area contributed by atoms with Gasteiger partial charge in [-0.3, -0.25) is 4.90 Å². The van der Waals surface area contributed by atoms with Crippen LogP contribution in [0.25, 0.3) is 5.69 Å². The predicted octanol–water partition coefficient (Wildman–Crippen LogP) is 4.01. The largest absolute Gasteiger partial charge is 0.476 e. The van der Waals surface area contributed by atoms with E-state index in [0.717, 1.165) is 7.05 Å². The van der Waals surface area contributed by atoms with Crippen molar-refractivity contribution in [2.24, 2.45) is 0 Å². The van der Waals surface area contributed by atoms with E-state index >= 15 is 0 Å². The van der Waals surface area contributed by atoms with Crippen LogP contribution in [0.1, 0.15) is 17.7 Å². The molecule has 2 rings (SSSR count). The van der Waals surface area contributed by atoms with Crippen LogP contribution < -0.4 is 4.90 Å². The van der Waals surface area contributed by atoms with Crippen LogP contribution in [0.5, 0.6) is 0 Å². The van der Waals surface area contributed by atoms with Gasteiger partial charge in [-0.2, -0.15) is 36.7 Å². The second-order valence-electron chi connectivity index (χ2n) is 6.82. The summed E-state index contributed by atoms with van der Waals surface area (Å²) in [5.41, 5.74) is -8.51. The number of benzene rings is 1. The molecule has 1 aromatic heterocycles. The third kappa shape index (κ3) is 6.40. The summed E-state index contributed by atoms with van der Waals surface area (Å²) in [5, 5.41) is 29.5. The van der Waals surface area contributed by atoms with Gasteiger partial charge in [0.15, 0.2) is 22.3 Å². The van der Waals surface area contributed by atoms with Crippen molar-refractivity contribution in [3.63, 3.8) is 0 Å². The Bertz CT molecular complexity index is 1190. The normalized spacial score (nSPS) is 13.7. The van der Waals surface area contributed by atoms with E-state index in [1.807, 2.05) is 0 Å². The molecule has 0 aliphatic carbocycles. The minimum atomic E-state index is -5.45. The number of nitrogens with zero attached hydrogens (tertiary/aromatic N) is 4. The van der Waals surface area contributed by atoms with Gasteiger partial charge in [0.25, 0.3) is 0 Å². The molecule has 0 spiro atoms. The number of amides is 1. The summed E-state index contributed by atoms with van der Waals surface area (Å²) >= 11 is 11.9. The molecule has 1 amide bonds. The highest BCUT2D eigenvalue weighted by atomic mass is 35.5. The number of aliphatic hydroxyl groups is 2. The molecule has 0 aliphatic rings. The summed E-state index contributed by atoms with van der Waals surface area (Å²) in [6, 6.07) is 2.05. The number of alkyl halides is 6. The SMILES string of the molecule is CN(C(=O)OCCC(O)CO)c1c(S(=O)C(F)(F)F)c(C#N)nn1-c1c(Cl)cc(C(F)(F)F)cc1Cl. The molecule has 2 aromatic rings. The van der Waals surface area contributed by atoms with Gasteiger partial charge >= 0.3 is 17.8 Å². The van der Waals surface area contributed by atoms with Crippen molar-refractivity contribution in [2.45, 2.75) is 29.1 Å².